The van der Waals surface area contributed by atoms with Gasteiger partial charge in [-0.05, 0) is 123 Å². The van der Waals surface area contributed by atoms with Crippen LogP contribution in [-0.2, 0) is 10.8 Å². The van der Waals surface area contributed by atoms with Gasteiger partial charge in [0.25, 0.3) is 13.4 Å². The summed E-state index contributed by atoms with van der Waals surface area (Å²) >= 11 is 3.75. The summed E-state index contributed by atoms with van der Waals surface area (Å²) in [4.78, 5) is 9.68. The van der Waals surface area contributed by atoms with Gasteiger partial charge in [-0.1, -0.05) is 179 Å². The highest BCUT2D eigenvalue weighted by Crippen LogP contribution is 2.47. The number of fused-ring (bicyclic) bond motifs is 8. The molecule has 0 spiro atoms. The molecular formula is C62H50B2N2O2S2. The number of rotatable bonds is 6. The Morgan fingerprint density at radius 2 is 0.686 bits per heavy atom. The highest BCUT2D eigenvalue weighted by atomic mass is 32.2. The third-order valence-corrected chi connectivity index (χ3v) is 16.6. The Morgan fingerprint density at radius 3 is 1.03 bits per heavy atom. The SMILES string of the molecule is CC(C)(C)c1ccc2c(c1)Oc1cc(N(c3ccccc3)c3ccccc3)cc3c1B2c1cc2c(cc1S3)Sc1cc(N(c3ccccc3)c3ccccc3)cc3c1B2c1ccc(C(C)(C)C)cc1O3. The number of hydrogen-bond donors (Lipinski definition) is 0. The van der Waals surface area contributed by atoms with Gasteiger partial charge in [-0.3, -0.25) is 0 Å². The van der Waals surface area contributed by atoms with Crippen LogP contribution in [0.25, 0.3) is 0 Å². The van der Waals surface area contributed by atoms with Crippen molar-refractivity contribution in [3.63, 3.8) is 0 Å². The van der Waals surface area contributed by atoms with Gasteiger partial charge in [0, 0.05) is 54.5 Å². The van der Waals surface area contributed by atoms with E-state index >= 15 is 0 Å². The molecule has 9 aromatic rings. The van der Waals surface area contributed by atoms with Crippen molar-refractivity contribution in [2.45, 2.75) is 72.0 Å². The van der Waals surface area contributed by atoms with E-state index in [1.807, 2.05) is 23.5 Å². The number of hydrogen-bond acceptors (Lipinski definition) is 6. The smallest absolute Gasteiger partial charge is 0.253 e. The fourth-order valence-corrected chi connectivity index (χ4v) is 13.4. The lowest BCUT2D eigenvalue weighted by molar-refractivity contribution is 0.482. The summed E-state index contributed by atoms with van der Waals surface area (Å²) in [5.41, 5.74) is 16.4. The molecule has 13 rings (SSSR count). The van der Waals surface area contributed by atoms with Gasteiger partial charge in [0.1, 0.15) is 23.0 Å². The van der Waals surface area contributed by atoms with Crippen LogP contribution in [0.15, 0.2) is 214 Å². The van der Waals surface area contributed by atoms with Crippen LogP contribution in [-0.4, -0.2) is 13.4 Å². The predicted octanol–water partition coefficient (Wildman–Crippen LogP) is 13.4. The van der Waals surface area contributed by atoms with Crippen molar-refractivity contribution in [1.82, 2.24) is 0 Å². The van der Waals surface area contributed by atoms with Crippen LogP contribution in [0, 0.1) is 0 Å². The number of anilines is 6. The lowest BCUT2D eigenvalue weighted by Crippen LogP contribution is -2.62. The van der Waals surface area contributed by atoms with Crippen LogP contribution in [0.2, 0.25) is 0 Å². The molecule has 4 aliphatic rings. The summed E-state index contributed by atoms with van der Waals surface area (Å²) in [6.45, 7) is 13.6. The second-order valence-corrected chi connectivity index (χ2v) is 23.1. The number of benzene rings is 9. The maximum absolute atomic E-state index is 7.18. The molecule has 0 amide bonds. The van der Waals surface area contributed by atoms with Gasteiger partial charge in [0.15, 0.2) is 0 Å². The average molecular weight is 941 g/mol. The van der Waals surface area contributed by atoms with Gasteiger partial charge < -0.3 is 19.3 Å². The van der Waals surface area contributed by atoms with E-state index in [0.29, 0.717) is 0 Å². The quantitative estimate of drug-likeness (QED) is 0.154. The molecule has 0 atom stereocenters. The Labute approximate surface area is 420 Å². The van der Waals surface area contributed by atoms with Crippen molar-refractivity contribution in [3.05, 3.63) is 205 Å². The molecule has 0 saturated heterocycles. The third kappa shape index (κ3) is 7.17. The summed E-state index contributed by atoms with van der Waals surface area (Å²) in [5, 5.41) is 0. The van der Waals surface area contributed by atoms with E-state index in [4.69, 9.17) is 9.47 Å². The molecule has 0 aromatic heterocycles. The summed E-state index contributed by atoms with van der Waals surface area (Å²) in [5.74, 6) is 3.67. The maximum atomic E-state index is 7.18. The topological polar surface area (TPSA) is 24.9 Å². The standard InChI is InChI=1S/C62H50B2N2O2S2/c1-61(2,3)39-27-29-47-51(31-39)67-53-33-45(65(41-19-11-7-12-20-41)42-21-13-8-14-22-42)35-57-59(53)63(47)49-37-50-56(38-55(49)69-57)70-58-36-46(66(43-23-15-9-16-24-43)44-25-17-10-18-26-44)34-54-60(58)64(50)48-30-28-40(62(4,5)6)32-52(48)68-54/h7-38H,1-6H3. The van der Waals surface area contributed by atoms with Crippen LogP contribution < -0.4 is 52.1 Å². The molecule has 0 bridgehead atoms. The van der Waals surface area contributed by atoms with Gasteiger partial charge in [-0.15, -0.1) is 0 Å². The van der Waals surface area contributed by atoms with E-state index < -0.39 is 0 Å². The summed E-state index contributed by atoms with van der Waals surface area (Å²) in [6, 6.07) is 71.0. The van der Waals surface area contributed by atoms with E-state index in [9.17, 15) is 0 Å². The van der Waals surface area contributed by atoms with Gasteiger partial charge >= 0.3 is 0 Å². The lowest BCUT2D eigenvalue weighted by atomic mass is 9.32. The number of para-hydroxylation sites is 4. The Kier molecular flexibility index (Phi) is 10.0. The monoisotopic (exact) mass is 940 g/mol. The minimum absolute atomic E-state index is 0.0265. The number of nitrogens with zero attached hydrogens (tertiary/aromatic N) is 2. The molecule has 4 heterocycles. The lowest BCUT2D eigenvalue weighted by Gasteiger charge is -2.38. The Hall–Kier alpha value is -6.99. The molecule has 70 heavy (non-hydrogen) atoms. The van der Waals surface area contributed by atoms with E-state index in [2.05, 4.69) is 245 Å². The summed E-state index contributed by atoms with van der Waals surface area (Å²) < 4.78 is 14.4. The number of ether oxygens (including phenoxy) is 2. The first-order valence-electron chi connectivity index (χ1n) is 24.3. The molecule has 0 unspecified atom stereocenters. The normalized spacial score (nSPS) is 13.6. The second kappa shape index (κ2) is 16.3. The molecule has 9 aromatic carbocycles. The fraction of sp³-hybridized carbons (Fsp3) is 0.129. The first kappa shape index (κ1) is 43.1. The van der Waals surface area contributed by atoms with Gasteiger partial charge in [-0.2, -0.15) is 0 Å². The van der Waals surface area contributed by atoms with Crippen LogP contribution in [0.3, 0.4) is 0 Å². The Balaban J connectivity index is 1.02. The van der Waals surface area contributed by atoms with E-state index in [-0.39, 0.29) is 24.3 Å². The highest BCUT2D eigenvalue weighted by molar-refractivity contribution is 8.01. The van der Waals surface area contributed by atoms with E-state index in [1.54, 1.807) is 0 Å². The Morgan fingerprint density at radius 1 is 0.329 bits per heavy atom. The zero-order valence-corrected chi connectivity index (χ0v) is 41.8. The third-order valence-electron chi connectivity index (χ3n) is 14.4. The maximum Gasteiger partial charge on any atom is 0.253 e. The molecule has 4 nitrogen and oxygen atoms in total. The minimum atomic E-state index is -0.0484. The van der Waals surface area contributed by atoms with Crippen molar-refractivity contribution in [2.24, 2.45) is 0 Å². The average Bonchev–Trinajstić information content (AvgIpc) is 3.36. The largest absolute Gasteiger partial charge is 0.458 e. The molecule has 0 fully saturated rings. The highest BCUT2D eigenvalue weighted by Gasteiger charge is 2.45. The predicted molar refractivity (Wildman–Crippen MR) is 297 cm³/mol. The van der Waals surface area contributed by atoms with Gasteiger partial charge in [0.05, 0.1) is 11.4 Å². The summed E-state index contributed by atoms with van der Waals surface area (Å²) in [6.07, 6.45) is 0. The Bertz CT molecular complexity index is 3230. The van der Waals surface area contributed by atoms with Crippen molar-refractivity contribution < 1.29 is 9.47 Å². The fourth-order valence-electron chi connectivity index (χ4n) is 10.9. The van der Waals surface area contributed by atoms with E-state index in [1.165, 1.54) is 63.5 Å². The van der Waals surface area contributed by atoms with Gasteiger partial charge in [-0.25, -0.2) is 0 Å². The molecule has 4 aliphatic heterocycles. The van der Waals surface area contributed by atoms with Crippen LogP contribution in [0.1, 0.15) is 52.7 Å². The van der Waals surface area contributed by atoms with Crippen molar-refractivity contribution in [1.29, 1.82) is 0 Å². The van der Waals surface area contributed by atoms with Crippen molar-refractivity contribution >= 4 is 104 Å². The first-order chi connectivity index (χ1) is 33.9. The molecular weight excluding hydrogens is 890 g/mol. The molecule has 0 radical (unpaired) electrons. The molecule has 0 aliphatic carbocycles. The van der Waals surface area contributed by atoms with Crippen LogP contribution in [0.5, 0.6) is 23.0 Å². The van der Waals surface area contributed by atoms with Crippen molar-refractivity contribution in [3.8, 4) is 23.0 Å². The molecule has 0 saturated carbocycles. The van der Waals surface area contributed by atoms with Gasteiger partial charge in [0.2, 0.25) is 0 Å². The molecule has 0 N–H and O–H groups in total. The second-order valence-electron chi connectivity index (χ2n) is 20.9. The molecule has 8 heteroatoms. The van der Waals surface area contributed by atoms with Crippen LogP contribution in [0.4, 0.5) is 34.1 Å². The summed E-state index contributed by atoms with van der Waals surface area (Å²) in [7, 11) is 0. The minimum Gasteiger partial charge on any atom is -0.458 e. The van der Waals surface area contributed by atoms with E-state index in [0.717, 1.165) is 57.1 Å². The zero-order valence-electron chi connectivity index (χ0n) is 40.2. The van der Waals surface area contributed by atoms with Crippen molar-refractivity contribution in [2.75, 3.05) is 9.80 Å². The first-order valence-corrected chi connectivity index (χ1v) is 25.9. The molecule has 338 valence electrons. The van der Waals surface area contributed by atoms with Crippen LogP contribution >= 0.6 is 23.5 Å². The zero-order chi connectivity index (χ0) is 47.5.